The van der Waals surface area contributed by atoms with Crippen molar-refractivity contribution in [1.29, 1.82) is 0 Å². The SMILES string of the molecule is CC(C)(C)C1CCN(CCO)C1(C)C.CCN1CC=CC1(C)C.CP. The Morgan fingerprint density at radius 2 is 1.68 bits per heavy atom. The van der Waals surface area contributed by atoms with E-state index in [9.17, 15) is 0 Å². The number of nitrogens with zero attached hydrogens (tertiary/aromatic N) is 2. The highest BCUT2D eigenvalue weighted by atomic mass is 31.0. The molecule has 0 radical (unpaired) electrons. The molecular formula is C21H45N2OP. The highest BCUT2D eigenvalue weighted by molar-refractivity contribution is 7.15. The second kappa shape index (κ2) is 10.4. The molecule has 2 heterocycles. The van der Waals surface area contributed by atoms with Crippen LogP contribution in [-0.4, -0.2) is 65.4 Å². The van der Waals surface area contributed by atoms with E-state index in [1.54, 1.807) is 0 Å². The average molecular weight is 373 g/mol. The van der Waals surface area contributed by atoms with E-state index >= 15 is 0 Å². The molecule has 0 aromatic heterocycles. The van der Waals surface area contributed by atoms with Gasteiger partial charge in [0.1, 0.15) is 0 Å². The first-order valence-electron chi connectivity index (χ1n) is 9.83. The summed E-state index contributed by atoms with van der Waals surface area (Å²) in [6, 6.07) is 0. The lowest BCUT2D eigenvalue weighted by Gasteiger charge is -2.42. The maximum atomic E-state index is 9.01. The first-order chi connectivity index (χ1) is 11.5. The molecule has 1 N–H and O–H groups in total. The largest absolute Gasteiger partial charge is 0.395 e. The van der Waals surface area contributed by atoms with Crippen LogP contribution in [0.15, 0.2) is 12.2 Å². The topological polar surface area (TPSA) is 26.7 Å². The van der Waals surface area contributed by atoms with Crippen LogP contribution in [0.5, 0.6) is 0 Å². The van der Waals surface area contributed by atoms with Gasteiger partial charge in [-0.3, -0.25) is 9.80 Å². The predicted octanol–water partition coefficient (Wildman–Crippen LogP) is 4.27. The molecule has 0 spiro atoms. The van der Waals surface area contributed by atoms with E-state index in [1.807, 2.05) is 6.66 Å². The van der Waals surface area contributed by atoms with Gasteiger partial charge in [0.15, 0.2) is 0 Å². The van der Waals surface area contributed by atoms with Crippen molar-refractivity contribution in [1.82, 2.24) is 9.80 Å². The maximum absolute atomic E-state index is 9.01. The summed E-state index contributed by atoms with van der Waals surface area (Å²) < 4.78 is 0. The molecule has 0 amide bonds. The number of hydrogen-bond donors (Lipinski definition) is 1. The first kappa shape index (κ1) is 25.1. The Balaban J connectivity index is 0.000000451. The number of rotatable bonds is 3. The summed E-state index contributed by atoms with van der Waals surface area (Å²) in [7, 11) is 2.42. The third-order valence-electron chi connectivity index (χ3n) is 5.82. The Morgan fingerprint density at radius 3 is 1.96 bits per heavy atom. The minimum Gasteiger partial charge on any atom is -0.395 e. The number of hydrogen-bond acceptors (Lipinski definition) is 3. The fourth-order valence-electron chi connectivity index (χ4n) is 4.51. The normalized spacial score (nSPS) is 25.2. The molecule has 2 aliphatic heterocycles. The van der Waals surface area contributed by atoms with Crippen molar-refractivity contribution in [2.24, 2.45) is 11.3 Å². The van der Waals surface area contributed by atoms with Gasteiger partial charge in [0.05, 0.1) is 6.61 Å². The zero-order valence-corrected chi connectivity index (χ0v) is 19.5. The molecule has 4 heteroatoms. The molecule has 0 bridgehead atoms. The minimum absolute atomic E-state index is 0.237. The quantitative estimate of drug-likeness (QED) is 0.592. The number of likely N-dealkylation sites (N-methyl/N-ethyl adjacent to an activating group) is 1. The molecule has 2 unspecified atom stereocenters. The fourth-order valence-corrected chi connectivity index (χ4v) is 4.51. The summed E-state index contributed by atoms with van der Waals surface area (Å²) in [5.74, 6) is 0.724. The molecule has 3 nitrogen and oxygen atoms in total. The molecule has 2 rings (SSSR count). The summed E-state index contributed by atoms with van der Waals surface area (Å²) in [4.78, 5) is 4.86. The van der Waals surface area contributed by atoms with Crippen molar-refractivity contribution < 1.29 is 5.11 Å². The van der Waals surface area contributed by atoms with Gasteiger partial charge >= 0.3 is 0 Å². The van der Waals surface area contributed by atoms with Crippen LogP contribution >= 0.6 is 9.24 Å². The molecule has 25 heavy (non-hydrogen) atoms. The number of aliphatic hydroxyl groups is 1. The van der Waals surface area contributed by atoms with Crippen molar-refractivity contribution in [3.05, 3.63) is 12.2 Å². The van der Waals surface area contributed by atoms with Crippen molar-refractivity contribution >= 4 is 9.24 Å². The lowest BCUT2D eigenvalue weighted by atomic mass is 9.71. The van der Waals surface area contributed by atoms with Gasteiger partial charge in [-0.2, -0.15) is 0 Å². The molecule has 2 aliphatic rings. The molecular weight excluding hydrogens is 327 g/mol. The van der Waals surface area contributed by atoms with Gasteiger partial charge in [0.2, 0.25) is 0 Å². The molecule has 0 saturated carbocycles. The van der Waals surface area contributed by atoms with Crippen LogP contribution in [0.2, 0.25) is 0 Å². The van der Waals surface area contributed by atoms with E-state index in [2.05, 4.69) is 86.6 Å². The molecule has 2 atom stereocenters. The highest BCUT2D eigenvalue weighted by Gasteiger charge is 2.45. The van der Waals surface area contributed by atoms with E-state index in [0.717, 1.165) is 32.1 Å². The Labute approximate surface area is 160 Å². The van der Waals surface area contributed by atoms with Gasteiger partial charge in [-0.05, 0) is 58.5 Å². The Hall–Kier alpha value is 0.0500. The van der Waals surface area contributed by atoms with Crippen LogP contribution in [0.4, 0.5) is 0 Å². The second-order valence-electron chi connectivity index (χ2n) is 9.17. The van der Waals surface area contributed by atoms with Crippen LogP contribution in [0, 0.1) is 11.3 Å². The zero-order chi connectivity index (χ0) is 19.9. The average Bonchev–Trinajstić information content (AvgIpc) is 3.00. The summed E-state index contributed by atoms with van der Waals surface area (Å²) >= 11 is 0. The lowest BCUT2D eigenvalue weighted by Crippen LogP contribution is -2.47. The summed E-state index contributed by atoms with van der Waals surface area (Å²) in [5.41, 5.74) is 0.920. The van der Waals surface area contributed by atoms with E-state index in [1.165, 1.54) is 6.42 Å². The molecule has 1 fully saturated rings. The molecule has 150 valence electrons. The van der Waals surface area contributed by atoms with Gasteiger partial charge in [0.25, 0.3) is 0 Å². The van der Waals surface area contributed by atoms with Crippen LogP contribution in [0.1, 0.15) is 61.8 Å². The van der Waals surface area contributed by atoms with Gasteiger partial charge in [-0.25, -0.2) is 0 Å². The van der Waals surface area contributed by atoms with Crippen molar-refractivity contribution in [2.45, 2.75) is 72.9 Å². The third-order valence-corrected chi connectivity index (χ3v) is 5.82. The molecule has 0 aliphatic carbocycles. The van der Waals surface area contributed by atoms with E-state index in [0.29, 0.717) is 11.0 Å². The summed E-state index contributed by atoms with van der Waals surface area (Å²) in [6.07, 6.45) is 5.77. The first-order valence-corrected chi connectivity index (χ1v) is 11.0. The zero-order valence-electron chi connectivity index (χ0n) is 18.4. The van der Waals surface area contributed by atoms with Crippen molar-refractivity contribution in [3.8, 4) is 0 Å². The Bertz CT molecular complexity index is 399. The predicted molar refractivity (Wildman–Crippen MR) is 116 cm³/mol. The van der Waals surface area contributed by atoms with Gasteiger partial charge < -0.3 is 5.11 Å². The van der Waals surface area contributed by atoms with E-state index in [-0.39, 0.29) is 12.1 Å². The van der Waals surface area contributed by atoms with Crippen molar-refractivity contribution in [2.75, 3.05) is 39.5 Å². The molecule has 0 aromatic carbocycles. The van der Waals surface area contributed by atoms with Crippen molar-refractivity contribution in [3.63, 3.8) is 0 Å². The number of β-amino-alcohol motifs (C(OH)–C–C–N with tert-alkyl or cyclic N) is 1. The van der Waals surface area contributed by atoms with Crippen LogP contribution in [0.3, 0.4) is 0 Å². The van der Waals surface area contributed by atoms with Gasteiger partial charge in [0, 0.05) is 24.2 Å². The summed E-state index contributed by atoms with van der Waals surface area (Å²) in [6.45, 7) is 24.7. The third kappa shape index (κ3) is 6.94. The van der Waals surface area contributed by atoms with E-state index < -0.39 is 0 Å². The Kier molecular flexibility index (Phi) is 10.4. The minimum atomic E-state index is 0.237. The fraction of sp³-hybridized carbons (Fsp3) is 0.905. The maximum Gasteiger partial charge on any atom is 0.0558 e. The van der Waals surface area contributed by atoms with Gasteiger partial charge in [-0.15, -0.1) is 9.24 Å². The molecule has 0 aromatic rings. The smallest absolute Gasteiger partial charge is 0.0558 e. The standard InChI is InChI=1S/C12H25NO.C8H15N.CH5P/c1-11(2,3)10-6-7-13(8-9-14)12(10,4)5;1-4-9-7-5-6-8(9,2)3;1-2/h10,14H,6-9H2,1-5H3;5-6H,4,7H2,1-3H3;2H2,1H3. The van der Waals surface area contributed by atoms with Crippen LogP contribution in [-0.2, 0) is 0 Å². The van der Waals surface area contributed by atoms with Crippen LogP contribution < -0.4 is 0 Å². The highest BCUT2D eigenvalue weighted by Crippen LogP contribution is 2.44. The van der Waals surface area contributed by atoms with E-state index in [4.69, 9.17) is 5.11 Å². The lowest BCUT2D eigenvalue weighted by molar-refractivity contribution is 0.0663. The summed E-state index contributed by atoms with van der Waals surface area (Å²) in [5, 5.41) is 9.01. The second-order valence-corrected chi connectivity index (χ2v) is 9.17. The monoisotopic (exact) mass is 372 g/mol. The number of aliphatic hydroxyl groups excluding tert-OH is 1. The number of likely N-dealkylation sites (tertiary alicyclic amines) is 1. The van der Waals surface area contributed by atoms with Gasteiger partial charge in [-0.1, -0.05) is 46.5 Å². The van der Waals surface area contributed by atoms with Crippen LogP contribution in [0.25, 0.3) is 0 Å². The molecule has 1 saturated heterocycles. The Morgan fingerprint density at radius 1 is 1.12 bits per heavy atom.